The summed E-state index contributed by atoms with van der Waals surface area (Å²) >= 11 is 0. The lowest BCUT2D eigenvalue weighted by Gasteiger charge is -2.34. The van der Waals surface area contributed by atoms with Crippen LogP contribution in [0.25, 0.3) is 33.5 Å². The SMILES string of the molecule is C1CCOCC1.C=C/C(=C\N(C)C)c1cccc(-c2ccc(C3=CC(C)C=C3)c(CC3CCOCC3)n2)c1.CC.CC/C=C(\C=NC)C1=C(C)NC(C)(c2cccc(-c3cc(C)n(C)c3)c2)C=C1.[HH]. The number of pyridine rings is 1. The van der Waals surface area contributed by atoms with Gasteiger partial charge in [0.2, 0.25) is 0 Å². The molecule has 5 heterocycles. The van der Waals surface area contributed by atoms with Gasteiger partial charge in [-0.3, -0.25) is 9.98 Å². The maximum atomic E-state index is 5.59. The average molecular weight is 918 g/mol. The predicted octanol–water partition coefficient (Wildman–Crippen LogP) is 14.5. The number of rotatable bonds is 12. The molecule has 364 valence electrons. The highest BCUT2D eigenvalue weighted by molar-refractivity contribution is 5.86. The van der Waals surface area contributed by atoms with Gasteiger partial charge in [-0.05, 0) is 141 Å². The minimum absolute atomic E-state index is 0. The normalized spacial score (nSPS) is 19.5. The van der Waals surface area contributed by atoms with Crippen molar-refractivity contribution in [3.8, 4) is 22.4 Å². The monoisotopic (exact) mass is 918 g/mol. The van der Waals surface area contributed by atoms with Gasteiger partial charge in [0.15, 0.2) is 0 Å². The molecule has 68 heavy (non-hydrogen) atoms. The molecule has 0 amide bonds. The van der Waals surface area contributed by atoms with Gasteiger partial charge in [-0.25, -0.2) is 0 Å². The second-order valence-corrected chi connectivity index (χ2v) is 18.5. The molecule has 7 nitrogen and oxygen atoms in total. The Kier molecular flexibility index (Phi) is 20.9. The van der Waals surface area contributed by atoms with Crippen LogP contribution >= 0.6 is 0 Å². The maximum absolute atomic E-state index is 5.59. The van der Waals surface area contributed by atoms with Crippen molar-refractivity contribution < 1.29 is 10.9 Å². The summed E-state index contributed by atoms with van der Waals surface area (Å²) in [6, 6.07) is 24.1. The number of dihydropyridines is 1. The van der Waals surface area contributed by atoms with Gasteiger partial charge in [-0.15, -0.1) is 0 Å². The number of aromatic nitrogens is 2. The molecule has 1 N–H and O–H groups in total. The van der Waals surface area contributed by atoms with Crippen molar-refractivity contribution in [1.82, 2.24) is 19.8 Å². The summed E-state index contributed by atoms with van der Waals surface area (Å²) in [5.74, 6) is 1.12. The Labute approximate surface area is 412 Å². The molecule has 0 saturated carbocycles. The van der Waals surface area contributed by atoms with Gasteiger partial charge in [0.05, 0.1) is 11.2 Å². The largest absolute Gasteiger partial charge is 0.383 e. The fourth-order valence-electron chi connectivity index (χ4n) is 9.00. The van der Waals surface area contributed by atoms with Crippen LogP contribution in [0.2, 0.25) is 0 Å². The van der Waals surface area contributed by atoms with Crippen molar-refractivity contribution in [2.45, 2.75) is 99.0 Å². The van der Waals surface area contributed by atoms with Crippen molar-refractivity contribution in [2.24, 2.45) is 23.9 Å². The lowest BCUT2D eigenvalue weighted by Crippen LogP contribution is -2.39. The van der Waals surface area contributed by atoms with Crippen molar-refractivity contribution in [3.63, 3.8) is 0 Å². The minimum Gasteiger partial charge on any atom is -0.383 e. The summed E-state index contributed by atoms with van der Waals surface area (Å²) in [7, 11) is 7.97. The number of allylic oxidation sites excluding steroid dienone is 11. The van der Waals surface area contributed by atoms with Crippen LogP contribution in [0.15, 0.2) is 150 Å². The van der Waals surface area contributed by atoms with Crippen molar-refractivity contribution >= 4 is 17.4 Å². The van der Waals surface area contributed by atoms with Gasteiger partial charge >= 0.3 is 0 Å². The molecule has 3 aliphatic heterocycles. The number of aliphatic imine (C=N–C) groups is 1. The number of nitrogens with one attached hydrogen (secondary N) is 1. The molecule has 0 spiro atoms. The zero-order chi connectivity index (χ0) is 49.1. The minimum atomic E-state index is -0.242. The predicted molar refractivity (Wildman–Crippen MR) is 294 cm³/mol. The third-order valence-electron chi connectivity index (χ3n) is 12.8. The van der Waals surface area contributed by atoms with Gasteiger partial charge in [-0.2, -0.15) is 0 Å². The van der Waals surface area contributed by atoms with E-state index in [2.05, 4.69) is 179 Å². The molecule has 2 atom stereocenters. The quantitative estimate of drug-likeness (QED) is 0.113. The van der Waals surface area contributed by atoms with Gasteiger partial charge in [0.25, 0.3) is 0 Å². The third kappa shape index (κ3) is 14.9. The number of nitrogens with zero attached hydrogens (tertiary/aromatic N) is 4. The third-order valence-corrected chi connectivity index (χ3v) is 12.8. The van der Waals surface area contributed by atoms with E-state index in [-0.39, 0.29) is 6.97 Å². The molecular formula is C61H83N5O2. The number of benzene rings is 2. The van der Waals surface area contributed by atoms with Crippen LogP contribution < -0.4 is 5.32 Å². The summed E-state index contributed by atoms with van der Waals surface area (Å²) < 4.78 is 12.8. The van der Waals surface area contributed by atoms with E-state index in [0.717, 1.165) is 74.5 Å². The Morgan fingerprint density at radius 2 is 1.65 bits per heavy atom. The Bertz CT molecular complexity index is 2460. The molecular weight excluding hydrogens is 835 g/mol. The Balaban J connectivity index is 0.000000257. The van der Waals surface area contributed by atoms with Gasteiger partial charge in [-0.1, -0.05) is 119 Å². The highest BCUT2D eigenvalue weighted by Crippen LogP contribution is 2.35. The summed E-state index contributed by atoms with van der Waals surface area (Å²) in [5, 5.41) is 3.74. The number of hydrogen-bond acceptors (Lipinski definition) is 6. The van der Waals surface area contributed by atoms with E-state index in [0.29, 0.717) is 11.8 Å². The summed E-state index contributed by atoms with van der Waals surface area (Å²) in [4.78, 5) is 11.5. The van der Waals surface area contributed by atoms with Crippen LogP contribution in [-0.2, 0) is 28.5 Å². The fraction of sp³-hybridized carbons (Fsp3) is 0.410. The molecule has 2 aromatic carbocycles. The highest BCUT2D eigenvalue weighted by atomic mass is 16.5. The standard InChI is InChI=1S/C29H34N2O.C25H31N3.C5H10O.C2H6.H2/c1-5-23(20-31(3)4)24-7-6-8-26(19-24)28-12-11-27(25-10-9-21(2)17-25)29(30-28)18-22-13-15-32-16-14-22;1-7-9-21(16-26-5)24-12-13-25(4,27-19(24)3)23-11-8-10-20(15-23)22-14-18(2)28(6)17-22;1-2-4-6-5-3-1;1-2;/h5-12,17,19-22H,1,13-16,18H2,2-4H3;8-17,27H,7H2,1-6H3;1-5H2;1-2H3;1H/b23-20+;21-9+,26-16?;;;. The highest BCUT2D eigenvalue weighted by Gasteiger charge is 2.28. The molecule has 2 aromatic heterocycles. The second-order valence-electron chi connectivity index (χ2n) is 18.5. The zero-order valence-corrected chi connectivity index (χ0v) is 43.4. The van der Waals surface area contributed by atoms with Gasteiger partial charge < -0.3 is 24.3 Å². The summed E-state index contributed by atoms with van der Waals surface area (Å²) in [6.07, 6.45) is 29.9. The van der Waals surface area contributed by atoms with Gasteiger partial charge in [0, 0.05) is 108 Å². The lowest BCUT2D eigenvalue weighted by atomic mass is 9.85. The molecule has 0 radical (unpaired) electrons. The first kappa shape index (κ1) is 53.2. The van der Waals surface area contributed by atoms with Crippen LogP contribution in [0.1, 0.15) is 110 Å². The lowest BCUT2D eigenvalue weighted by molar-refractivity contribution is 0.0662. The Morgan fingerprint density at radius 1 is 0.926 bits per heavy atom. The topological polar surface area (TPSA) is 63.9 Å². The smallest absolute Gasteiger partial charge is 0.0782 e. The summed E-state index contributed by atoms with van der Waals surface area (Å²) in [6.45, 7) is 22.6. The van der Waals surface area contributed by atoms with Crippen LogP contribution in [0.4, 0.5) is 0 Å². The van der Waals surface area contributed by atoms with Crippen LogP contribution in [0.5, 0.6) is 0 Å². The van der Waals surface area contributed by atoms with E-state index < -0.39 is 0 Å². The number of aryl methyl sites for hydroxylation is 2. The molecule has 1 aliphatic carbocycles. The first-order chi connectivity index (χ1) is 32.9. The molecule has 2 saturated heterocycles. The number of ether oxygens (including phenoxy) is 2. The maximum Gasteiger partial charge on any atom is 0.0782 e. The molecule has 8 rings (SSSR count). The van der Waals surface area contributed by atoms with E-state index in [9.17, 15) is 0 Å². The summed E-state index contributed by atoms with van der Waals surface area (Å²) in [5.41, 5.74) is 16.5. The van der Waals surface area contributed by atoms with E-state index >= 15 is 0 Å². The van der Waals surface area contributed by atoms with Crippen molar-refractivity contribution in [2.75, 3.05) is 47.6 Å². The first-order valence-corrected chi connectivity index (χ1v) is 25.1. The fourth-order valence-corrected chi connectivity index (χ4v) is 9.00. The van der Waals surface area contributed by atoms with Crippen LogP contribution in [-0.4, -0.2) is 68.2 Å². The zero-order valence-electron chi connectivity index (χ0n) is 43.4. The Morgan fingerprint density at radius 3 is 2.24 bits per heavy atom. The molecule has 0 bridgehead atoms. The molecule has 4 aromatic rings. The van der Waals surface area contributed by atoms with Crippen LogP contribution in [0.3, 0.4) is 0 Å². The van der Waals surface area contributed by atoms with E-state index in [1.165, 1.54) is 75.3 Å². The van der Waals surface area contributed by atoms with Crippen LogP contribution in [0, 0.1) is 18.8 Å². The van der Waals surface area contributed by atoms with Crippen molar-refractivity contribution in [3.05, 3.63) is 173 Å². The van der Waals surface area contributed by atoms with Gasteiger partial charge in [0.1, 0.15) is 0 Å². The van der Waals surface area contributed by atoms with E-state index in [1.54, 1.807) is 0 Å². The molecule has 2 fully saturated rings. The average Bonchev–Trinajstić information content (AvgIpc) is 3.95. The van der Waals surface area contributed by atoms with Crippen molar-refractivity contribution in [1.29, 1.82) is 0 Å². The molecule has 2 unspecified atom stereocenters. The van der Waals surface area contributed by atoms with E-state index in [4.69, 9.17) is 14.5 Å². The molecule has 4 aliphatic rings. The second kappa shape index (κ2) is 26.7. The number of hydrogen-bond donors (Lipinski definition) is 1. The first-order valence-electron chi connectivity index (χ1n) is 25.1. The Hall–Kier alpha value is -5.76. The molecule has 7 heteroatoms. The van der Waals surface area contributed by atoms with E-state index in [1.807, 2.05) is 52.2 Å².